The van der Waals surface area contributed by atoms with Crippen LogP contribution in [0.5, 0.6) is 0 Å². The number of hydrogen-bond donors (Lipinski definition) is 1. The van der Waals surface area contributed by atoms with Crippen molar-refractivity contribution in [3.05, 3.63) is 34.5 Å². The van der Waals surface area contributed by atoms with Gasteiger partial charge in [0.2, 0.25) is 0 Å². The fraction of sp³-hybridized carbons (Fsp3) is 0.429. The molecule has 2 nitrogen and oxygen atoms in total. The van der Waals surface area contributed by atoms with E-state index in [1.54, 1.807) is 0 Å². The Bertz CT molecular complexity index is 528. The molecule has 0 fully saturated rings. The van der Waals surface area contributed by atoms with E-state index in [0.717, 1.165) is 31.0 Å². The highest BCUT2D eigenvalue weighted by atomic mass is 35.5. The maximum atomic E-state index is 6.20. The Morgan fingerprint density at radius 2 is 2.12 bits per heavy atom. The molecule has 92 valence electrons. The minimum absolute atomic E-state index is 0.741. The lowest BCUT2D eigenvalue weighted by Gasteiger charge is -2.05. The van der Waals surface area contributed by atoms with Crippen LogP contribution in [-0.4, -0.2) is 11.1 Å². The summed E-state index contributed by atoms with van der Waals surface area (Å²) in [6.45, 7) is 5.96. The maximum absolute atomic E-state index is 6.20. The summed E-state index contributed by atoms with van der Waals surface area (Å²) >= 11 is 6.20. The topological polar surface area (TPSA) is 30.9 Å². The first-order valence-corrected chi connectivity index (χ1v) is 6.53. The Hall–Kier alpha value is -0.990. The Morgan fingerprint density at radius 3 is 2.76 bits per heavy atom. The molecule has 0 aliphatic carbocycles. The number of fused-ring (bicyclic) bond motifs is 1. The molecule has 0 saturated heterocycles. The van der Waals surface area contributed by atoms with Gasteiger partial charge in [-0.25, -0.2) is 0 Å². The van der Waals surface area contributed by atoms with Crippen LogP contribution in [0.25, 0.3) is 10.9 Å². The average molecular weight is 251 g/mol. The molecule has 3 heteroatoms. The molecule has 0 spiro atoms. The highest BCUT2D eigenvalue weighted by molar-refractivity contribution is 6.32. The second-order valence-corrected chi connectivity index (χ2v) is 4.81. The summed E-state index contributed by atoms with van der Waals surface area (Å²) < 4.78 is 2.28. The van der Waals surface area contributed by atoms with Crippen molar-refractivity contribution >= 4 is 22.5 Å². The molecule has 0 atom stereocenters. The van der Waals surface area contributed by atoms with E-state index in [-0.39, 0.29) is 0 Å². The Kier molecular flexibility index (Phi) is 3.75. The molecule has 0 aliphatic rings. The van der Waals surface area contributed by atoms with Gasteiger partial charge in [-0.05, 0) is 50.4 Å². The minimum atomic E-state index is 0.741. The van der Waals surface area contributed by atoms with E-state index in [4.69, 9.17) is 17.3 Å². The number of hydrogen-bond acceptors (Lipinski definition) is 1. The zero-order valence-corrected chi connectivity index (χ0v) is 11.2. The summed E-state index contributed by atoms with van der Waals surface area (Å²) in [4.78, 5) is 0. The maximum Gasteiger partial charge on any atom is 0.0527 e. The summed E-state index contributed by atoms with van der Waals surface area (Å²) in [6, 6.07) is 4.12. The summed E-state index contributed by atoms with van der Waals surface area (Å²) in [5.74, 6) is 0. The van der Waals surface area contributed by atoms with Crippen LogP contribution in [-0.2, 0) is 13.0 Å². The van der Waals surface area contributed by atoms with Crippen LogP contribution in [0.15, 0.2) is 18.3 Å². The van der Waals surface area contributed by atoms with Crippen molar-refractivity contribution in [2.24, 2.45) is 5.73 Å². The molecule has 0 radical (unpaired) electrons. The fourth-order valence-electron chi connectivity index (χ4n) is 2.37. The van der Waals surface area contributed by atoms with Crippen LogP contribution in [0.2, 0.25) is 5.02 Å². The van der Waals surface area contributed by atoms with Crippen LogP contribution in [0.4, 0.5) is 0 Å². The van der Waals surface area contributed by atoms with E-state index >= 15 is 0 Å². The van der Waals surface area contributed by atoms with Gasteiger partial charge in [0.15, 0.2) is 0 Å². The van der Waals surface area contributed by atoms with Crippen LogP contribution in [0.1, 0.15) is 24.5 Å². The van der Waals surface area contributed by atoms with Crippen molar-refractivity contribution in [1.29, 1.82) is 0 Å². The van der Waals surface area contributed by atoms with Gasteiger partial charge >= 0.3 is 0 Å². The number of nitrogens with zero attached hydrogens (tertiary/aromatic N) is 1. The van der Waals surface area contributed by atoms with Gasteiger partial charge < -0.3 is 10.3 Å². The third kappa shape index (κ3) is 2.20. The first-order chi connectivity index (χ1) is 8.19. The number of benzene rings is 1. The summed E-state index contributed by atoms with van der Waals surface area (Å²) in [6.07, 6.45) is 4.31. The quantitative estimate of drug-likeness (QED) is 0.885. The van der Waals surface area contributed by atoms with Crippen LogP contribution >= 0.6 is 11.6 Å². The van der Waals surface area contributed by atoms with Crippen LogP contribution < -0.4 is 5.73 Å². The standard InChI is InChI=1S/C14H19ClN2/c1-3-17-9-11(5-4-8-16)12-6-7-13(15)10(2)14(12)17/h6-7,9H,3-5,8,16H2,1-2H3. The van der Waals surface area contributed by atoms with Gasteiger partial charge in [-0.2, -0.15) is 0 Å². The number of halogens is 1. The van der Waals surface area contributed by atoms with E-state index in [1.165, 1.54) is 22.0 Å². The number of aryl methyl sites for hydroxylation is 3. The monoisotopic (exact) mass is 250 g/mol. The largest absolute Gasteiger partial charge is 0.347 e. The van der Waals surface area contributed by atoms with Gasteiger partial charge in [0, 0.05) is 23.2 Å². The Balaban J connectivity index is 2.60. The molecule has 0 unspecified atom stereocenters. The van der Waals surface area contributed by atoms with E-state index in [0.29, 0.717) is 0 Å². The zero-order valence-electron chi connectivity index (χ0n) is 10.5. The predicted molar refractivity (Wildman–Crippen MR) is 74.7 cm³/mol. The van der Waals surface area contributed by atoms with Crippen molar-refractivity contribution in [3.63, 3.8) is 0 Å². The molecule has 0 amide bonds. The lowest BCUT2D eigenvalue weighted by molar-refractivity contribution is 0.780. The number of aromatic nitrogens is 1. The molecule has 1 aromatic heterocycles. The molecule has 0 bridgehead atoms. The number of nitrogens with two attached hydrogens (primary N) is 1. The molecular formula is C14H19ClN2. The van der Waals surface area contributed by atoms with Gasteiger partial charge in [0.25, 0.3) is 0 Å². The highest BCUT2D eigenvalue weighted by Gasteiger charge is 2.11. The summed E-state index contributed by atoms with van der Waals surface area (Å²) in [7, 11) is 0. The molecule has 2 aromatic rings. The van der Waals surface area contributed by atoms with E-state index in [1.807, 2.05) is 6.07 Å². The van der Waals surface area contributed by atoms with Crippen molar-refractivity contribution in [3.8, 4) is 0 Å². The molecule has 1 heterocycles. The van der Waals surface area contributed by atoms with E-state index < -0.39 is 0 Å². The molecule has 2 rings (SSSR count). The fourth-order valence-corrected chi connectivity index (χ4v) is 2.52. The van der Waals surface area contributed by atoms with Gasteiger partial charge in [0.1, 0.15) is 0 Å². The van der Waals surface area contributed by atoms with Gasteiger partial charge in [-0.3, -0.25) is 0 Å². The predicted octanol–water partition coefficient (Wildman–Crippen LogP) is 3.51. The normalized spacial score (nSPS) is 11.3. The molecular weight excluding hydrogens is 232 g/mol. The molecule has 2 N–H and O–H groups in total. The Labute approximate surface area is 107 Å². The van der Waals surface area contributed by atoms with Gasteiger partial charge in [-0.1, -0.05) is 17.7 Å². The third-order valence-electron chi connectivity index (χ3n) is 3.30. The third-order valence-corrected chi connectivity index (χ3v) is 3.71. The first kappa shape index (κ1) is 12.5. The smallest absolute Gasteiger partial charge is 0.0527 e. The lowest BCUT2D eigenvalue weighted by Crippen LogP contribution is -1.99. The van der Waals surface area contributed by atoms with Crippen molar-refractivity contribution in [2.45, 2.75) is 33.2 Å². The zero-order chi connectivity index (χ0) is 12.4. The Morgan fingerprint density at radius 1 is 1.35 bits per heavy atom. The second-order valence-electron chi connectivity index (χ2n) is 4.40. The van der Waals surface area contributed by atoms with E-state index in [2.05, 4.69) is 30.7 Å². The van der Waals surface area contributed by atoms with Crippen molar-refractivity contribution in [1.82, 2.24) is 4.57 Å². The molecule has 0 aliphatic heterocycles. The number of rotatable bonds is 4. The van der Waals surface area contributed by atoms with Gasteiger partial charge in [0.05, 0.1) is 5.52 Å². The van der Waals surface area contributed by atoms with Gasteiger partial charge in [-0.15, -0.1) is 0 Å². The molecule has 0 saturated carbocycles. The molecule has 17 heavy (non-hydrogen) atoms. The highest BCUT2D eigenvalue weighted by Crippen LogP contribution is 2.29. The summed E-state index contributed by atoms with van der Waals surface area (Å²) in [5.41, 5.74) is 9.41. The SMILES string of the molecule is CCn1cc(CCCN)c2ccc(Cl)c(C)c21. The first-order valence-electron chi connectivity index (χ1n) is 6.16. The van der Waals surface area contributed by atoms with Crippen molar-refractivity contribution in [2.75, 3.05) is 6.54 Å². The minimum Gasteiger partial charge on any atom is -0.347 e. The van der Waals surface area contributed by atoms with E-state index in [9.17, 15) is 0 Å². The van der Waals surface area contributed by atoms with Crippen LogP contribution in [0, 0.1) is 6.92 Å². The lowest BCUT2D eigenvalue weighted by atomic mass is 10.1. The molecule has 1 aromatic carbocycles. The van der Waals surface area contributed by atoms with Crippen LogP contribution in [0.3, 0.4) is 0 Å². The second kappa shape index (κ2) is 5.11. The average Bonchev–Trinajstić information content (AvgIpc) is 2.70. The summed E-state index contributed by atoms with van der Waals surface area (Å²) in [5, 5.41) is 2.16. The van der Waals surface area contributed by atoms with Crippen molar-refractivity contribution < 1.29 is 0 Å².